The maximum atomic E-state index is 12.8. The quantitative estimate of drug-likeness (QED) is 0.268. The van der Waals surface area contributed by atoms with E-state index in [-0.39, 0.29) is 10.8 Å². The maximum Gasteiger partial charge on any atom is 0.337 e. The highest BCUT2D eigenvalue weighted by molar-refractivity contribution is 5.88. The van der Waals surface area contributed by atoms with Crippen molar-refractivity contribution in [3.05, 3.63) is 81.7 Å². The lowest BCUT2D eigenvalue weighted by Gasteiger charge is -2.41. The van der Waals surface area contributed by atoms with E-state index < -0.39 is 17.7 Å². The Bertz CT molecular complexity index is 1700. The average molecular weight is 635 g/mol. The standard InChI is InChI=1S/C40H50N4O3/c1-26-33(35(44-20-17-39(6,7)18-21-44)34(27(2)42-26)36(37(45)46)47-38(3,4)5)30-10-11-31-24-43(19-14-29(31)22-30)23-28-8-12-32(13-9-28)40(25-41)15-16-40/h8-13,22,36H,14-21,23-24H2,1-7H3,(H,45,46). The van der Waals surface area contributed by atoms with Gasteiger partial charge in [0.15, 0.2) is 6.10 Å². The van der Waals surface area contributed by atoms with Gasteiger partial charge in [0.25, 0.3) is 0 Å². The number of ether oxygens (including phenoxy) is 1. The SMILES string of the molecule is Cc1nc(C)c(C(OC(C)(C)C)C(=O)O)c(N2CCC(C)(C)CC2)c1-c1ccc2c(c1)CCN(Cc1ccc(C3(C#N)CC3)cc1)C2. The molecule has 3 aliphatic rings. The van der Waals surface area contributed by atoms with Gasteiger partial charge in [0.05, 0.1) is 22.8 Å². The fraction of sp³-hybridized carbons (Fsp3) is 0.525. The third-order valence-electron chi connectivity index (χ3n) is 10.4. The molecule has 2 aromatic carbocycles. The molecule has 3 aromatic rings. The van der Waals surface area contributed by atoms with Crippen LogP contribution in [-0.4, -0.2) is 46.2 Å². The van der Waals surface area contributed by atoms with Crippen LogP contribution in [-0.2, 0) is 34.5 Å². The maximum absolute atomic E-state index is 12.8. The number of piperidine rings is 1. The van der Waals surface area contributed by atoms with Crippen molar-refractivity contribution in [3.63, 3.8) is 0 Å². The summed E-state index contributed by atoms with van der Waals surface area (Å²) < 4.78 is 6.27. The lowest BCUT2D eigenvalue weighted by molar-refractivity contribution is -0.160. The first-order chi connectivity index (χ1) is 22.2. The zero-order valence-corrected chi connectivity index (χ0v) is 29.2. The van der Waals surface area contributed by atoms with Crippen LogP contribution in [0, 0.1) is 30.6 Å². The first-order valence-corrected chi connectivity index (χ1v) is 17.2. The molecule has 1 saturated heterocycles. The molecule has 0 spiro atoms. The number of nitrogens with zero attached hydrogens (tertiary/aromatic N) is 4. The van der Waals surface area contributed by atoms with E-state index in [0.717, 1.165) is 92.9 Å². The number of carbonyl (C=O) groups is 1. The number of carboxylic acids is 1. The molecule has 0 radical (unpaired) electrons. The number of benzene rings is 2. The lowest BCUT2D eigenvalue weighted by Crippen LogP contribution is -2.39. The van der Waals surface area contributed by atoms with Crippen molar-refractivity contribution in [1.29, 1.82) is 5.26 Å². The van der Waals surface area contributed by atoms with E-state index in [0.29, 0.717) is 11.3 Å². The van der Waals surface area contributed by atoms with E-state index in [2.05, 4.69) is 79.1 Å². The molecule has 2 aliphatic heterocycles. The minimum atomic E-state index is -1.12. The molecule has 3 heterocycles. The normalized spacial score (nSPS) is 19.5. The minimum Gasteiger partial charge on any atom is -0.479 e. The zero-order valence-electron chi connectivity index (χ0n) is 29.2. The van der Waals surface area contributed by atoms with Crippen molar-refractivity contribution >= 4 is 11.7 Å². The fourth-order valence-corrected chi connectivity index (χ4v) is 7.43. The molecule has 1 atom stereocenters. The predicted octanol–water partition coefficient (Wildman–Crippen LogP) is 8.05. The van der Waals surface area contributed by atoms with Crippen LogP contribution in [0.4, 0.5) is 5.69 Å². The van der Waals surface area contributed by atoms with E-state index in [4.69, 9.17) is 9.72 Å². The summed E-state index contributed by atoms with van der Waals surface area (Å²) >= 11 is 0. The summed E-state index contributed by atoms with van der Waals surface area (Å²) in [5, 5.41) is 20.1. The van der Waals surface area contributed by atoms with Crippen LogP contribution < -0.4 is 4.90 Å². The molecule has 1 saturated carbocycles. The Labute approximate surface area is 280 Å². The first kappa shape index (κ1) is 33.2. The number of rotatable bonds is 8. The number of nitriles is 1. The topological polar surface area (TPSA) is 89.7 Å². The molecule has 1 N–H and O–H groups in total. The van der Waals surface area contributed by atoms with Crippen LogP contribution in [0.2, 0.25) is 0 Å². The van der Waals surface area contributed by atoms with Gasteiger partial charge in [-0.1, -0.05) is 56.3 Å². The Kier molecular flexibility index (Phi) is 8.74. The van der Waals surface area contributed by atoms with Gasteiger partial charge in [-0.3, -0.25) is 9.88 Å². The predicted molar refractivity (Wildman–Crippen MR) is 186 cm³/mol. The Morgan fingerprint density at radius 1 is 1.00 bits per heavy atom. The molecule has 6 rings (SSSR count). The summed E-state index contributed by atoms with van der Waals surface area (Å²) in [4.78, 5) is 22.7. The van der Waals surface area contributed by atoms with Crippen molar-refractivity contribution < 1.29 is 14.6 Å². The van der Waals surface area contributed by atoms with Gasteiger partial charge < -0.3 is 14.7 Å². The molecule has 248 valence electrons. The smallest absolute Gasteiger partial charge is 0.337 e. The number of pyridine rings is 1. The molecule has 0 bridgehead atoms. The number of hydrogen-bond acceptors (Lipinski definition) is 6. The molecule has 47 heavy (non-hydrogen) atoms. The number of aliphatic carboxylic acids is 1. The highest BCUT2D eigenvalue weighted by atomic mass is 16.5. The van der Waals surface area contributed by atoms with Crippen LogP contribution in [0.25, 0.3) is 11.1 Å². The molecule has 7 heteroatoms. The van der Waals surface area contributed by atoms with E-state index in [9.17, 15) is 15.2 Å². The highest BCUT2D eigenvalue weighted by Crippen LogP contribution is 2.48. The summed E-state index contributed by atoms with van der Waals surface area (Å²) in [6, 6.07) is 17.9. The summed E-state index contributed by atoms with van der Waals surface area (Å²) in [6.07, 6.45) is 3.83. The first-order valence-electron chi connectivity index (χ1n) is 17.2. The van der Waals surface area contributed by atoms with Crippen LogP contribution in [0.1, 0.15) is 106 Å². The zero-order chi connectivity index (χ0) is 33.7. The number of aryl methyl sites for hydroxylation is 2. The van der Waals surface area contributed by atoms with Gasteiger partial charge in [0.1, 0.15) is 0 Å². The van der Waals surface area contributed by atoms with Crippen LogP contribution in [0.3, 0.4) is 0 Å². The fourth-order valence-electron chi connectivity index (χ4n) is 7.43. The number of anilines is 1. The largest absolute Gasteiger partial charge is 0.479 e. The van der Waals surface area contributed by atoms with Crippen LogP contribution in [0.5, 0.6) is 0 Å². The molecule has 2 fully saturated rings. The van der Waals surface area contributed by atoms with Gasteiger partial charge in [-0.05, 0) is 100.0 Å². The monoisotopic (exact) mass is 634 g/mol. The summed E-state index contributed by atoms with van der Waals surface area (Å²) in [5.41, 5.74) is 9.82. The molecular formula is C40H50N4O3. The van der Waals surface area contributed by atoms with Gasteiger partial charge >= 0.3 is 5.97 Å². The average Bonchev–Trinajstić information content (AvgIpc) is 3.81. The number of fused-ring (bicyclic) bond motifs is 1. The second-order valence-electron chi connectivity index (χ2n) is 15.9. The van der Waals surface area contributed by atoms with Crippen molar-refractivity contribution in [1.82, 2.24) is 9.88 Å². The van der Waals surface area contributed by atoms with E-state index in [1.807, 2.05) is 27.7 Å². The molecule has 1 unspecified atom stereocenters. The van der Waals surface area contributed by atoms with Gasteiger partial charge in [0.2, 0.25) is 0 Å². The lowest BCUT2D eigenvalue weighted by atomic mass is 9.81. The highest BCUT2D eigenvalue weighted by Gasteiger charge is 2.44. The van der Waals surface area contributed by atoms with Crippen LogP contribution in [0.15, 0.2) is 42.5 Å². The van der Waals surface area contributed by atoms with E-state index in [1.165, 1.54) is 16.7 Å². The van der Waals surface area contributed by atoms with Gasteiger partial charge in [0, 0.05) is 55.2 Å². The van der Waals surface area contributed by atoms with E-state index >= 15 is 0 Å². The molecule has 1 aromatic heterocycles. The number of aromatic nitrogens is 1. The molecule has 1 aliphatic carbocycles. The summed E-state index contributed by atoms with van der Waals surface area (Å²) in [6.45, 7) is 18.8. The Balaban J connectivity index is 1.33. The van der Waals surface area contributed by atoms with Crippen molar-refractivity contribution in [2.75, 3.05) is 24.5 Å². The second-order valence-corrected chi connectivity index (χ2v) is 15.9. The van der Waals surface area contributed by atoms with Crippen molar-refractivity contribution in [2.45, 2.75) is 111 Å². The molecule has 7 nitrogen and oxygen atoms in total. The Hall–Kier alpha value is -3.73. The number of hydrogen-bond donors (Lipinski definition) is 1. The van der Waals surface area contributed by atoms with Gasteiger partial charge in [-0.2, -0.15) is 5.26 Å². The Morgan fingerprint density at radius 2 is 1.68 bits per heavy atom. The minimum absolute atomic E-state index is 0.245. The Morgan fingerprint density at radius 3 is 2.28 bits per heavy atom. The summed E-state index contributed by atoms with van der Waals surface area (Å²) in [7, 11) is 0. The van der Waals surface area contributed by atoms with Gasteiger partial charge in [-0.25, -0.2) is 4.79 Å². The van der Waals surface area contributed by atoms with Crippen LogP contribution >= 0.6 is 0 Å². The van der Waals surface area contributed by atoms with Crippen molar-refractivity contribution in [3.8, 4) is 17.2 Å². The summed E-state index contributed by atoms with van der Waals surface area (Å²) in [5.74, 6) is -0.990. The molecule has 0 amide bonds. The second kappa shape index (κ2) is 12.4. The number of carboxylic acid groups (broad SMARTS) is 1. The van der Waals surface area contributed by atoms with E-state index in [1.54, 1.807) is 0 Å². The van der Waals surface area contributed by atoms with Gasteiger partial charge in [-0.15, -0.1) is 0 Å². The van der Waals surface area contributed by atoms with Crippen molar-refractivity contribution in [2.24, 2.45) is 5.41 Å². The third-order valence-corrected chi connectivity index (χ3v) is 10.4. The molecular weight excluding hydrogens is 584 g/mol. The third kappa shape index (κ3) is 6.96.